The van der Waals surface area contributed by atoms with E-state index in [0.29, 0.717) is 22.5 Å². The molecule has 0 spiro atoms. The highest BCUT2D eigenvalue weighted by atomic mass is 16.2. The van der Waals surface area contributed by atoms with Crippen LogP contribution in [-0.2, 0) is 4.79 Å². The van der Waals surface area contributed by atoms with Crippen LogP contribution in [-0.4, -0.2) is 22.7 Å². The van der Waals surface area contributed by atoms with Crippen LogP contribution in [0.15, 0.2) is 30.5 Å². The fourth-order valence-corrected chi connectivity index (χ4v) is 2.45. The first kappa shape index (κ1) is 19.1. The number of primary amides is 2. The lowest BCUT2D eigenvalue weighted by molar-refractivity contribution is -0.123. The predicted octanol–water partition coefficient (Wildman–Crippen LogP) is 2.24. The summed E-state index contributed by atoms with van der Waals surface area (Å²) in [6, 6.07) is 6.42. The number of aromatic nitrogens is 1. The Hall–Kier alpha value is -3.22. The van der Waals surface area contributed by atoms with E-state index in [1.807, 2.05) is 0 Å². The summed E-state index contributed by atoms with van der Waals surface area (Å²) in [6.07, 6.45) is 1.46. The number of nitrogens with two attached hydrogens (primary N) is 2. The molecule has 0 unspecified atom stereocenters. The third kappa shape index (κ3) is 3.88. The van der Waals surface area contributed by atoms with E-state index >= 15 is 0 Å². The molecule has 0 aliphatic carbocycles. The largest absolute Gasteiger partial charge is 0.366 e. The van der Waals surface area contributed by atoms with Gasteiger partial charge in [-0.05, 0) is 30.7 Å². The smallest absolute Gasteiger partial charge is 0.249 e. The number of amides is 3. The molecule has 136 valence electrons. The summed E-state index contributed by atoms with van der Waals surface area (Å²) in [5.74, 6) is -1.15. The summed E-state index contributed by atoms with van der Waals surface area (Å²) < 4.78 is 0. The average Bonchev–Trinajstić information content (AvgIpc) is 2.53. The molecule has 1 heterocycles. The van der Waals surface area contributed by atoms with Gasteiger partial charge in [-0.2, -0.15) is 0 Å². The summed E-state index contributed by atoms with van der Waals surface area (Å²) in [7, 11) is 0. The molecule has 2 aromatic rings. The molecule has 3 amide bonds. The van der Waals surface area contributed by atoms with Crippen molar-refractivity contribution in [1.29, 1.82) is 0 Å². The molecule has 0 aliphatic rings. The van der Waals surface area contributed by atoms with Crippen LogP contribution in [0.5, 0.6) is 0 Å². The molecule has 0 aliphatic heterocycles. The van der Waals surface area contributed by atoms with Gasteiger partial charge < -0.3 is 16.8 Å². The lowest BCUT2D eigenvalue weighted by atomic mass is 9.91. The number of nitrogens with zero attached hydrogens (tertiary/aromatic N) is 1. The zero-order chi connectivity index (χ0) is 19.6. The zero-order valence-electron chi connectivity index (χ0n) is 15.2. The first-order valence-corrected chi connectivity index (χ1v) is 8.03. The molecular formula is C19H22N4O3. The maximum absolute atomic E-state index is 12.0. The summed E-state index contributed by atoms with van der Waals surface area (Å²) in [6.45, 7) is 7.10. The molecule has 0 fully saturated rings. The van der Waals surface area contributed by atoms with Gasteiger partial charge in [-0.3, -0.25) is 14.4 Å². The maximum Gasteiger partial charge on any atom is 0.249 e. The van der Waals surface area contributed by atoms with Crippen LogP contribution in [0.2, 0.25) is 0 Å². The van der Waals surface area contributed by atoms with E-state index in [4.69, 9.17) is 11.5 Å². The van der Waals surface area contributed by atoms with Gasteiger partial charge in [-0.15, -0.1) is 0 Å². The Morgan fingerprint density at radius 3 is 2.12 bits per heavy atom. The normalized spacial score (nSPS) is 11.1. The van der Waals surface area contributed by atoms with Crippen molar-refractivity contribution in [3.8, 4) is 11.1 Å². The van der Waals surface area contributed by atoms with E-state index in [9.17, 15) is 14.4 Å². The van der Waals surface area contributed by atoms with E-state index in [0.717, 1.165) is 0 Å². The second-order valence-corrected chi connectivity index (χ2v) is 7.04. The SMILES string of the molecule is Cc1ccc(C(N)=O)c(-c2ccc(NC(=O)C(C)(C)C)nc2)c1C(N)=O. The summed E-state index contributed by atoms with van der Waals surface area (Å²) in [5.41, 5.74) is 12.2. The third-order valence-corrected chi connectivity index (χ3v) is 3.90. The fraction of sp³-hybridized carbons (Fsp3) is 0.263. The summed E-state index contributed by atoms with van der Waals surface area (Å²) in [4.78, 5) is 40.0. The maximum atomic E-state index is 12.0. The molecule has 7 nitrogen and oxygen atoms in total. The number of aryl methyl sites for hydroxylation is 1. The molecule has 0 saturated carbocycles. The number of pyridine rings is 1. The molecule has 5 N–H and O–H groups in total. The Labute approximate surface area is 151 Å². The van der Waals surface area contributed by atoms with E-state index in [1.165, 1.54) is 6.20 Å². The Morgan fingerprint density at radius 1 is 1.00 bits per heavy atom. The third-order valence-electron chi connectivity index (χ3n) is 3.90. The zero-order valence-corrected chi connectivity index (χ0v) is 15.2. The number of rotatable bonds is 4. The van der Waals surface area contributed by atoms with Gasteiger partial charge in [0.25, 0.3) is 0 Å². The van der Waals surface area contributed by atoms with Crippen LogP contribution in [0.1, 0.15) is 47.1 Å². The molecule has 2 rings (SSSR count). The van der Waals surface area contributed by atoms with E-state index in [2.05, 4.69) is 10.3 Å². The number of anilines is 1. The van der Waals surface area contributed by atoms with Crippen molar-refractivity contribution in [3.63, 3.8) is 0 Å². The van der Waals surface area contributed by atoms with Crippen molar-refractivity contribution in [3.05, 3.63) is 47.2 Å². The molecule has 7 heteroatoms. The molecule has 0 bridgehead atoms. The minimum Gasteiger partial charge on any atom is -0.366 e. The van der Waals surface area contributed by atoms with Gasteiger partial charge >= 0.3 is 0 Å². The summed E-state index contributed by atoms with van der Waals surface area (Å²) in [5, 5.41) is 2.71. The quantitative estimate of drug-likeness (QED) is 0.777. The molecule has 0 saturated heterocycles. The van der Waals surface area contributed by atoms with Crippen LogP contribution in [0.3, 0.4) is 0 Å². The van der Waals surface area contributed by atoms with Gasteiger partial charge in [0.1, 0.15) is 5.82 Å². The Bertz CT molecular complexity index is 881. The Kier molecular flexibility index (Phi) is 5.11. The van der Waals surface area contributed by atoms with E-state index < -0.39 is 17.2 Å². The first-order valence-electron chi connectivity index (χ1n) is 8.03. The van der Waals surface area contributed by atoms with Crippen molar-refractivity contribution in [2.75, 3.05) is 5.32 Å². The van der Waals surface area contributed by atoms with Crippen LogP contribution < -0.4 is 16.8 Å². The van der Waals surface area contributed by atoms with Crippen molar-refractivity contribution in [1.82, 2.24) is 4.98 Å². The number of carbonyl (C=O) groups is 3. The second-order valence-electron chi connectivity index (χ2n) is 7.04. The van der Waals surface area contributed by atoms with Crippen LogP contribution in [0.4, 0.5) is 5.82 Å². The molecule has 0 atom stereocenters. The lowest BCUT2D eigenvalue weighted by Crippen LogP contribution is -2.28. The van der Waals surface area contributed by atoms with Crippen LogP contribution >= 0.6 is 0 Å². The highest BCUT2D eigenvalue weighted by molar-refractivity contribution is 6.09. The molecular weight excluding hydrogens is 332 g/mol. The van der Waals surface area contributed by atoms with Gasteiger partial charge in [0.05, 0.1) is 5.56 Å². The second kappa shape index (κ2) is 6.95. The molecule has 0 radical (unpaired) electrons. The van der Waals surface area contributed by atoms with Crippen molar-refractivity contribution < 1.29 is 14.4 Å². The van der Waals surface area contributed by atoms with Crippen LogP contribution in [0, 0.1) is 12.3 Å². The van der Waals surface area contributed by atoms with Gasteiger partial charge in [0, 0.05) is 28.3 Å². The van der Waals surface area contributed by atoms with Gasteiger partial charge in [-0.1, -0.05) is 26.8 Å². The molecule has 1 aromatic heterocycles. The standard InChI is InChI=1S/C19H22N4O3/c1-10-5-7-12(16(20)24)15(14(10)17(21)25)11-6-8-13(22-9-11)23-18(26)19(2,3)4/h5-9H,1-4H3,(H2,20,24)(H2,21,25)(H,22,23,26). The van der Waals surface area contributed by atoms with E-state index in [1.54, 1.807) is 52.0 Å². The predicted molar refractivity (Wildman–Crippen MR) is 99.5 cm³/mol. The first-order chi connectivity index (χ1) is 12.0. The van der Waals surface area contributed by atoms with Gasteiger partial charge in [-0.25, -0.2) is 4.98 Å². The average molecular weight is 354 g/mol. The Morgan fingerprint density at radius 2 is 1.65 bits per heavy atom. The fourth-order valence-electron chi connectivity index (χ4n) is 2.45. The Balaban J connectivity index is 2.52. The van der Waals surface area contributed by atoms with Crippen LogP contribution in [0.25, 0.3) is 11.1 Å². The highest BCUT2D eigenvalue weighted by Crippen LogP contribution is 2.30. The molecule has 1 aromatic carbocycles. The molecule has 26 heavy (non-hydrogen) atoms. The highest BCUT2D eigenvalue weighted by Gasteiger charge is 2.23. The number of nitrogens with one attached hydrogen (secondary N) is 1. The summed E-state index contributed by atoms with van der Waals surface area (Å²) >= 11 is 0. The van der Waals surface area contributed by atoms with Crippen molar-refractivity contribution in [2.45, 2.75) is 27.7 Å². The van der Waals surface area contributed by atoms with Gasteiger partial charge in [0.15, 0.2) is 0 Å². The van der Waals surface area contributed by atoms with Gasteiger partial charge in [0.2, 0.25) is 17.7 Å². The number of hydrogen-bond acceptors (Lipinski definition) is 4. The minimum absolute atomic E-state index is 0.177. The minimum atomic E-state index is -0.674. The van der Waals surface area contributed by atoms with Crippen molar-refractivity contribution in [2.24, 2.45) is 16.9 Å². The topological polar surface area (TPSA) is 128 Å². The van der Waals surface area contributed by atoms with E-state index in [-0.39, 0.29) is 17.0 Å². The lowest BCUT2D eigenvalue weighted by Gasteiger charge is -2.17. The monoisotopic (exact) mass is 354 g/mol. The number of carbonyl (C=O) groups excluding carboxylic acids is 3. The number of hydrogen-bond donors (Lipinski definition) is 3. The van der Waals surface area contributed by atoms with Crippen molar-refractivity contribution >= 4 is 23.5 Å². The number of benzene rings is 1.